The molecule has 6 nitrogen and oxygen atoms in total. The number of rotatable bonds is 2. The van der Waals surface area contributed by atoms with E-state index in [9.17, 15) is 9.59 Å². The van der Waals surface area contributed by atoms with E-state index in [4.69, 9.17) is 5.73 Å². The molecule has 0 bridgehead atoms. The summed E-state index contributed by atoms with van der Waals surface area (Å²) < 4.78 is 0. The van der Waals surface area contributed by atoms with Crippen LogP contribution in [0.3, 0.4) is 0 Å². The van der Waals surface area contributed by atoms with Crippen LogP contribution < -0.4 is 5.73 Å². The van der Waals surface area contributed by atoms with Crippen LogP contribution >= 0.6 is 0 Å². The number of fused-ring (bicyclic) bond motifs is 1. The first-order valence-corrected chi connectivity index (χ1v) is 6.68. The van der Waals surface area contributed by atoms with Gasteiger partial charge in [-0.3, -0.25) is 14.7 Å². The van der Waals surface area contributed by atoms with Crippen LogP contribution in [0, 0.1) is 5.92 Å². The van der Waals surface area contributed by atoms with Crippen LogP contribution in [-0.4, -0.2) is 40.0 Å². The van der Waals surface area contributed by atoms with Crippen LogP contribution in [0.1, 0.15) is 23.3 Å². The molecule has 0 atom stereocenters. The summed E-state index contributed by atoms with van der Waals surface area (Å²) in [5.41, 5.74) is 6.59. The number of H-pyrrole nitrogens is 1. The van der Waals surface area contributed by atoms with Gasteiger partial charge in [0.25, 0.3) is 5.91 Å². The number of para-hydroxylation sites is 1. The average molecular weight is 272 g/mol. The Kier molecular flexibility index (Phi) is 3.14. The first-order valence-electron chi connectivity index (χ1n) is 6.68. The van der Waals surface area contributed by atoms with Gasteiger partial charge in [-0.2, -0.15) is 5.10 Å². The fourth-order valence-electron chi connectivity index (χ4n) is 2.64. The van der Waals surface area contributed by atoms with Gasteiger partial charge in [0.2, 0.25) is 5.91 Å². The Labute approximate surface area is 115 Å². The lowest BCUT2D eigenvalue weighted by atomic mass is 9.96. The number of primary amides is 1. The number of likely N-dealkylation sites (tertiary alicyclic amines) is 1. The molecule has 2 aromatic rings. The maximum absolute atomic E-state index is 12.5. The molecule has 1 aromatic heterocycles. The van der Waals surface area contributed by atoms with Gasteiger partial charge in [0, 0.05) is 24.4 Å². The van der Waals surface area contributed by atoms with Gasteiger partial charge in [0.1, 0.15) is 0 Å². The molecule has 1 saturated heterocycles. The van der Waals surface area contributed by atoms with Crippen molar-refractivity contribution >= 4 is 22.7 Å². The summed E-state index contributed by atoms with van der Waals surface area (Å²) in [6, 6.07) is 7.54. The summed E-state index contributed by atoms with van der Waals surface area (Å²) in [4.78, 5) is 25.4. The fourth-order valence-corrected chi connectivity index (χ4v) is 2.64. The number of carbonyl (C=O) groups is 2. The van der Waals surface area contributed by atoms with Crippen LogP contribution in [0.4, 0.5) is 0 Å². The van der Waals surface area contributed by atoms with E-state index < -0.39 is 0 Å². The van der Waals surface area contributed by atoms with E-state index in [2.05, 4.69) is 10.2 Å². The van der Waals surface area contributed by atoms with Crippen molar-refractivity contribution in [3.63, 3.8) is 0 Å². The maximum atomic E-state index is 12.5. The molecular weight excluding hydrogens is 256 g/mol. The quantitative estimate of drug-likeness (QED) is 0.850. The number of piperidine rings is 1. The highest BCUT2D eigenvalue weighted by Crippen LogP contribution is 2.21. The molecular formula is C14H16N4O2. The molecule has 3 rings (SSSR count). The molecule has 0 unspecified atom stereocenters. The summed E-state index contributed by atoms with van der Waals surface area (Å²) in [6.45, 7) is 1.10. The lowest BCUT2D eigenvalue weighted by Gasteiger charge is -2.30. The molecule has 2 amide bonds. The Morgan fingerprint density at radius 2 is 1.95 bits per heavy atom. The van der Waals surface area contributed by atoms with Gasteiger partial charge in [-0.05, 0) is 18.9 Å². The van der Waals surface area contributed by atoms with E-state index in [1.165, 1.54) is 0 Å². The van der Waals surface area contributed by atoms with Crippen LogP contribution in [-0.2, 0) is 4.79 Å². The number of nitrogens with two attached hydrogens (primary N) is 1. The second-order valence-corrected chi connectivity index (χ2v) is 5.09. The number of hydrogen-bond donors (Lipinski definition) is 2. The van der Waals surface area contributed by atoms with Crippen molar-refractivity contribution < 1.29 is 9.59 Å². The molecule has 1 aliphatic rings. The monoisotopic (exact) mass is 272 g/mol. The Balaban J connectivity index is 1.78. The molecule has 1 fully saturated rings. The van der Waals surface area contributed by atoms with Crippen molar-refractivity contribution in [3.05, 3.63) is 30.0 Å². The molecule has 104 valence electrons. The van der Waals surface area contributed by atoms with Crippen LogP contribution in [0.2, 0.25) is 0 Å². The smallest absolute Gasteiger partial charge is 0.274 e. The molecule has 6 heteroatoms. The van der Waals surface area contributed by atoms with Crippen molar-refractivity contribution in [2.75, 3.05) is 13.1 Å². The van der Waals surface area contributed by atoms with E-state index >= 15 is 0 Å². The van der Waals surface area contributed by atoms with Crippen molar-refractivity contribution in [1.82, 2.24) is 15.1 Å². The maximum Gasteiger partial charge on any atom is 0.274 e. The summed E-state index contributed by atoms with van der Waals surface area (Å²) in [7, 11) is 0. The van der Waals surface area contributed by atoms with E-state index in [0.717, 1.165) is 10.9 Å². The third-order valence-electron chi connectivity index (χ3n) is 3.86. The average Bonchev–Trinajstić information content (AvgIpc) is 2.90. The molecule has 3 N–H and O–H groups in total. The molecule has 0 saturated carbocycles. The second kappa shape index (κ2) is 4.96. The Hall–Kier alpha value is -2.37. The highest BCUT2D eigenvalue weighted by atomic mass is 16.2. The van der Waals surface area contributed by atoms with Crippen molar-refractivity contribution in [2.24, 2.45) is 11.7 Å². The number of carbonyl (C=O) groups excluding carboxylic acids is 2. The van der Waals surface area contributed by atoms with Crippen LogP contribution in [0.5, 0.6) is 0 Å². The minimum Gasteiger partial charge on any atom is -0.369 e. The van der Waals surface area contributed by atoms with Crippen molar-refractivity contribution in [1.29, 1.82) is 0 Å². The van der Waals surface area contributed by atoms with Gasteiger partial charge in [-0.25, -0.2) is 0 Å². The predicted molar refractivity (Wildman–Crippen MR) is 73.9 cm³/mol. The number of hydrogen-bond acceptors (Lipinski definition) is 3. The number of nitrogens with zero attached hydrogens (tertiary/aromatic N) is 2. The highest BCUT2D eigenvalue weighted by molar-refractivity contribution is 6.04. The predicted octanol–water partition coefficient (Wildman–Crippen LogP) is 0.900. The lowest BCUT2D eigenvalue weighted by Crippen LogP contribution is -2.41. The zero-order chi connectivity index (χ0) is 14.1. The summed E-state index contributed by atoms with van der Waals surface area (Å²) in [5, 5.41) is 7.81. The number of benzene rings is 1. The Bertz CT molecular complexity index is 656. The van der Waals surface area contributed by atoms with E-state index in [1.54, 1.807) is 4.90 Å². The summed E-state index contributed by atoms with van der Waals surface area (Å²) >= 11 is 0. The standard InChI is InChI=1S/C14H16N4O2/c15-13(19)9-5-7-18(8-6-9)14(20)12-10-3-1-2-4-11(10)16-17-12/h1-4,9H,5-8H2,(H2,15,19)(H,16,17). The zero-order valence-corrected chi connectivity index (χ0v) is 11.0. The Morgan fingerprint density at radius 3 is 2.65 bits per heavy atom. The summed E-state index contributed by atoms with van der Waals surface area (Å²) in [5.74, 6) is -0.484. The van der Waals surface area contributed by atoms with Crippen LogP contribution in [0.15, 0.2) is 24.3 Å². The highest BCUT2D eigenvalue weighted by Gasteiger charge is 2.28. The normalized spacial score (nSPS) is 16.5. The number of aromatic amines is 1. The van der Waals surface area contributed by atoms with Gasteiger partial charge in [0.05, 0.1) is 5.52 Å². The van der Waals surface area contributed by atoms with Crippen LogP contribution in [0.25, 0.3) is 10.9 Å². The molecule has 0 spiro atoms. The summed E-state index contributed by atoms with van der Waals surface area (Å²) in [6.07, 6.45) is 1.26. The zero-order valence-electron chi connectivity index (χ0n) is 11.0. The molecule has 2 heterocycles. The second-order valence-electron chi connectivity index (χ2n) is 5.09. The molecule has 20 heavy (non-hydrogen) atoms. The molecule has 1 aliphatic heterocycles. The fraction of sp³-hybridized carbons (Fsp3) is 0.357. The first kappa shape index (κ1) is 12.7. The van der Waals surface area contributed by atoms with E-state index in [-0.39, 0.29) is 17.7 Å². The van der Waals surface area contributed by atoms with Gasteiger partial charge in [-0.15, -0.1) is 0 Å². The number of nitrogens with one attached hydrogen (secondary N) is 1. The van der Waals surface area contributed by atoms with Gasteiger partial charge < -0.3 is 10.6 Å². The van der Waals surface area contributed by atoms with Gasteiger partial charge in [-0.1, -0.05) is 18.2 Å². The topological polar surface area (TPSA) is 92.1 Å². The minimum atomic E-state index is -0.276. The molecule has 0 radical (unpaired) electrons. The van der Waals surface area contributed by atoms with E-state index in [1.807, 2.05) is 24.3 Å². The minimum absolute atomic E-state index is 0.0922. The van der Waals surface area contributed by atoms with E-state index in [0.29, 0.717) is 31.6 Å². The third-order valence-corrected chi connectivity index (χ3v) is 3.86. The number of amides is 2. The first-order chi connectivity index (χ1) is 9.66. The van der Waals surface area contributed by atoms with Crippen molar-refractivity contribution in [2.45, 2.75) is 12.8 Å². The van der Waals surface area contributed by atoms with Crippen molar-refractivity contribution in [3.8, 4) is 0 Å². The largest absolute Gasteiger partial charge is 0.369 e. The molecule has 1 aromatic carbocycles. The van der Waals surface area contributed by atoms with Gasteiger partial charge in [0.15, 0.2) is 5.69 Å². The third kappa shape index (κ3) is 2.13. The lowest BCUT2D eigenvalue weighted by molar-refractivity contribution is -0.123. The SMILES string of the molecule is NC(=O)C1CCN(C(=O)c2n[nH]c3ccccc23)CC1. The Morgan fingerprint density at radius 1 is 1.25 bits per heavy atom. The molecule has 0 aliphatic carbocycles. The number of aromatic nitrogens is 2. The van der Waals surface area contributed by atoms with Gasteiger partial charge >= 0.3 is 0 Å².